The highest BCUT2D eigenvalue weighted by molar-refractivity contribution is 7.47. The molecule has 8 atom stereocenters. The van der Waals surface area contributed by atoms with E-state index in [0.29, 0.717) is 44.9 Å². The molecule has 19 heteroatoms. The molecule has 1 aliphatic rings. The Bertz CT molecular complexity index is 1700. The third-order valence-corrected chi connectivity index (χ3v) is 11.9. The molecule has 68 heavy (non-hydrogen) atoms. The maximum Gasteiger partial charge on any atom is 0.472 e. The van der Waals surface area contributed by atoms with E-state index in [0.717, 1.165) is 38.5 Å². The molecular weight excluding hydrogens is 922 g/mol. The minimum atomic E-state index is -5.39. The van der Waals surface area contributed by atoms with Crippen molar-refractivity contribution >= 4 is 33.4 Å². The number of unbranched alkanes of at least 4 members (excludes halogenated alkanes) is 10. The summed E-state index contributed by atoms with van der Waals surface area (Å²) in [5, 5.41) is 41.2. The Morgan fingerprint density at radius 3 is 1.57 bits per heavy atom. The number of aliphatic hydroxyl groups excluding tert-OH is 4. The van der Waals surface area contributed by atoms with Crippen molar-refractivity contribution in [3.8, 4) is 0 Å². The van der Waals surface area contributed by atoms with Crippen molar-refractivity contribution in [3.63, 3.8) is 0 Å². The van der Waals surface area contributed by atoms with Gasteiger partial charge in [-0.1, -0.05) is 138 Å². The lowest BCUT2D eigenvalue weighted by Gasteiger charge is -2.43. The van der Waals surface area contributed by atoms with Crippen molar-refractivity contribution in [2.45, 2.75) is 191 Å². The second kappa shape index (κ2) is 38.6. The van der Waals surface area contributed by atoms with Crippen LogP contribution in [0.5, 0.6) is 0 Å². The number of hydrogen-bond acceptors (Lipinski definition) is 14. The molecule has 0 aliphatic heterocycles. The van der Waals surface area contributed by atoms with Crippen molar-refractivity contribution in [3.05, 3.63) is 85.1 Å². The van der Waals surface area contributed by atoms with E-state index in [-0.39, 0.29) is 18.6 Å². The number of esters is 2. The van der Waals surface area contributed by atoms with Crippen LogP contribution in [0.25, 0.3) is 0 Å². The van der Waals surface area contributed by atoms with E-state index in [1.807, 2.05) is 48.6 Å². The van der Waals surface area contributed by atoms with Gasteiger partial charge in [-0.3, -0.25) is 28.0 Å². The van der Waals surface area contributed by atoms with E-state index < -0.39 is 83.5 Å². The van der Waals surface area contributed by atoms with Crippen LogP contribution in [0.3, 0.4) is 0 Å². The van der Waals surface area contributed by atoms with Crippen LogP contribution in [-0.2, 0) is 46.6 Å². The number of phosphoric acid groups is 2. The van der Waals surface area contributed by atoms with Gasteiger partial charge < -0.3 is 44.6 Å². The normalized spacial score (nSPS) is 21.9. The fourth-order valence-electron chi connectivity index (χ4n) is 6.64. The molecule has 0 aromatic rings. The third kappa shape index (κ3) is 32.6. The van der Waals surface area contributed by atoms with Crippen LogP contribution in [-0.4, -0.2) is 109 Å². The molecule has 0 saturated heterocycles. The first-order valence-electron chi connectivity index (χ1n) is 24.1. The summed E-state index contributed by atoms with van der Waals surface area (Å²) in [7, 11) is -10.7. The van der Waals surface area contributed by atoms with Gasteiger partial charge in [0, 0.05) is 19.3 Å². The van der Waals surface area contributed by atoms with E-state index in [9.17, 15) is 58.6 Å². The average Bonchev–Trinajstić information content (AvgIpc) is 3.29. The Kier molecular flexibility index (Phi) is 35.7. The largest absolute Gasteiger partial charge is 0.472 e. The van der Waals surface area contributed by atoms with Crippen LogP contribution in [0.15, 0.2) is 85.1 Å². The first-order chi connectivity index (χ1) is 32.5. The Balaban J connectivity index is 2.69. The number of ether oxygens (including phenoxy) is 2. The average molecular weight is 1000 g/mol. The minimum Gasteiger partial charge on any atom is -0.462 e. The molecule has 0 heterocycles. The number of ketones is 1. The molecule has 0 aromatic heterocycles. The summed E-state index contributed by atoms with van der Waals surface area (Å²) in [6.45, 7) is 2.84. The topological polar surface area (TPSA) is 273 Å². The molecule has 1 aliphatic carbocycles. The van der Waals surface area contributed by atoms with Gasteiger partial charge in [0.1, 0.15) is 43.2 Å². The maximum atomic E-state index is 13.0. The lowest BCUT2D eigenvalue weighted by atomic mass is 9.85. The van der Waals surface area contributed by atoms with E-state index in [4.69, 9.17) is 18.5 Å². The highest BCUT2D eigenvalue weighted by atomic mass is 31.2. The highest BCUT2D eigenvalue weighted by Crippen LogP contribution is 2.49. The quantitative estimate of drug-likeness (QED) is 0.00758. The van der Waals surface area contributed by atoms with Gasteiger partial charge in [-0.05, 0) is 76.7 Å². The zero-order valence-electron chi connectivity index (χ0n) is 40.0. The van der Waals surface area contributed by atoms with E-state index in [2.05, 4.69) is 42.7 Å². The SMILES string of the molecule is CCCCCCCC/C=C\C/C=C\C/C=C\CCCC(=O)O[C@H](COC(=O)CCC/C=C\C/C=C\C/C=C\C=C\C(=O)CCCCC)COP(=O)(O)O[C@H]1C(O)C(O)C(O)[C@@H](OP(=O)(O)O)C1O. The van der Waals surface area contributed by atoms with Gasteiger partial charge in [0.05, 0.1) is 6.61 Å². The van der Waals surface area contributed by atoms with Crippen LogP contribution in [0, 0.1) is 0 Å². The van der Waals surface area contributed by atoms with Gasteiger partial charge in [0.15, 0.2) is 11.9 Å². The van der Waals surface area contributed by atoms with Gasteiger partial charge in [0.2, 0.25) is 0 Å². The van der Waals surface area contributed by atoms with Crippen LogP contribution >= 0.6 is 15.6 Å². The molecule has 388 valence electrons. The van der Waals surface area contributed by atoms with Crippen LogP contribution < -0.4 is 0 Å². The molecule has 0 radical (unpaired) electrons. The first kappa shape index (κ1) is 62.9. The summed E-state index contributed by atoms with van der Waals surface area (Å²) < 4.78 is 49.2. The number of rotatable bonds is 39. The number of aliphatic hydroxyl groups is 4. The van der Waals surface area contributed by atoms with Crippen molar-refractivity contribution < 1.29 is 81.7 Å². The molecule has 1 rings (SSSR count). The van der Waals surface area contributed by atoms with E-state index >= 15 is 0 Å². The Labute approximate surface area is 403 Å². The van der Waals surface area contributed by atoms with Gasteiger partial charge >= 0.3 is 27.6 Å². The minimum absolute atomic E-state index is 0.00366. The van der Waals surface area contributed by atoms with Gasteiger partial charge in [-0.15, -0.1) is 0 Å². The Morgan fingerprint density at radius 1 is 0.515 bits per heavy atom. The van der Waals surface area contributed by atoms with E-state index in [1.165, 1.54) is 38.5 Å². The lowest BCUT2D eigenvalue weighted by molar-refractivity contribution is -0.216. The van der Waals surface area contributed by atoms with Crippen LogP contribution in [0.2, 0.25) is 0 Å². The fraction of sp³-hybridized carbons (Fsp3) is 0.653. The zero-order valence-corrected chi connectivity index (χ0v) is 41.8. The molecule has 17 nitrogen and oxygen atoms in total. The maximum absolute atomic E-state index is 13.0. The molecule has 0 spiro atoms. The number of phosphoric ester groups is 2. The summed E-state index contributed by atoms with van der Waals surface area (Å²) in [4.78, 5) is 66.0. The van der Waals surface area contributed by atoms with Crippen molar-refractivity contribution in [2.75, 3.05) is 13.2 Å². The van der Waals surface area contributed by atoms with Gasteiger partial charge in [-0.2, -0.15) is 0 Å². The summed E-state index contributed by atoms with van der Waals surface area (Å²) >= 11 is 0. The van der Waals surface area contributed by atoms with Crippen LogP contribution in [0.1, 0.15) is 149 Å². The standard InChI is InChI=1S/C49H80O17P2/c1-3-5-7-8-9-10-11-12-13-14-15-16-19-23-26-29-33-37-43(52)64-41(39-63-68(60,61)66-49-46(55)44(53)45(54)48(47(49)56)65-67(57,58)59)38-62-42(51)36-32-28-25-22-20-17-18-21-24-27-31-35-40(50)34-30-6-4-2/h12-13,15-18,22-27,31,35,41,44-49,53-56H,3-11,14,19-21,28-30,32-34,36-39H2,1-2H3,(H,60,61)(H2,57,58,59)/b13-12-,16-15-,18-17-,25-22-,26-23-,27-24-,35-31+/t41-,44?,45?,46?,47?,48-,49+/m1/s1. The number of carbonyl (C=O) groups is 3. The predicted octanol–water partition coefficient (Wildman–Crippen LogP) is 8.57. The van der Waals surface area contributed by atoms with E-state index in [1.54, 1.807) is 12.2 Å². The third-order valence-electron chi connectivity index (χ3n) is 10.4. The molecular formula is C49H80O17P2. The summed E-state index contributed by atoms with van der Waals surface area (Å²) in [6, 6.07) is 0. The van der Waals surface area contributed by atoms with Crippen molar-refractivity contribution in [2.24, 2.45) is 0 Å². The monoisotopic (exact) mass is 1000 g/mol. The summed E-state index contributed by atoms with van der Waals surface area (Å²) in [5.41, 5.74) is 0. The molecule has 0 amide bonds. The summed E-state index contributed by atoms with van der Waals surface area (Å²) in [5.74, 6) is -1.25. The molecule has 0 aromatic carbocycles. The van der Waals surface area contributed by atoms with Gasteiger partial charge in [0.25, 0.3) is 0 Å². The zero-order chi connectivity index (χ0) is 50.5. The van der Waals surface area contributed by atoms with Gasteiger partial charge in [-0.25, -0.2) is 9.13 Å². The fourth-order valence-corrected chi connectivity index (χ4v) is 8.17. The number of hydrogen-bond donors (Lipinski definition) is 7. The molecule has 0 bridgehead atoms. The molecule has 1 fully saturated rings. The van der Waals surface area contributed by atoms with Crippen molar-refractivity contribution in [1.29, 1.82) is 0 Å². The lowest BCUT2D eigenvalue weighted by Crippen LogP contribution is -2.64. The Morgan fingerprint density at radius 2 is 1.00 bits per heavy atom. The molecule has 1 saturated carbocycles. The first-order valence-corrected chi connectivity index (χ1v) is 27.1. The molecule has 7 N–H and O–H groups in total. The number of allylic oxidation sites excluding steroid dienone is 14. The highest BCUT2D eigenvalue weighted by Gasteiger charge is 2.54. The number of carbonyl (C=O) groups excluding carboxylic acids is 3. The second-order valence-electron chi connectivity index (χ2n) is 16.5. The second-order valence-corrected chi connectivity index (χ2v) is 19.1. The predicted molar refractivity (Wildman–Crippen MR) is 260 cm³/mol. The smallest absolute Gasteiger partial charge is 0.462 e. The molecule has 5 unspecified atom stereocenters. The van der Waals surface area contributed by atoms with Crippen molar-refractivity contribution in [1.82, 2.24) is 0 Å². The van der Waals surface area contributed by atoms with Crippen LogP contribution in [0.4, 0.5) is 0 Å². The summed E-state index contributed by atoms with van der Waals surface area (Å²) in [6.07, 6.45) is 29.6. The Hall–Kier alpha value is -3.15.